The topological polar surface area (TPSA) is 24.9 Å². The van der Waals surface area contributed by atoms with E-state index >= 15 is 0 Å². The van der Waals surface area contributed by atoms with Crippen LogP contribution in [-0.4, -0.2) is 11.5 Å². The molecule has 0 bridgehead atoms. The molecule has 1 fully saturated rings. The summed E-state index contributed by atoms with van der Waals surface area (Å²) in [4.78, 5) is 5.61. The summed E-state index contributed by atoms with van der Waals surface area (Å²) in [5.74, 6) is 0.813. The molecule has 0 saturated heterocycles. The highest BCUT2D eigenvalue weighted by atomic mass is 32.1. The van der Waals surface area contributed by atoms with Crippen LogP contribution in [0.4, 0.5) is 0 Å². The van der Waals surface area contributed by atoms with Crippen LogP contribution in [0.25, 0.3) is 0 Å². The quantitative estimate of drug-likeness (QED) is 0.831. The van der Waals surface area contributed by atoms with E-state index in [1.807, 2.05) is 6.20 Å². The van der Waals surface area contributed by atoms with E-state index in [0.29, 0.717) is 5.41 Å². The Labute approximate surface area is 96.1 Å². The van der Waals surface area contributed by atoms with Crippen LogP contribution < -0.4 is 5.32 Å². The standard InChI is InChI=1S/C12H20N2S/c1-9(2)12(4-5-12)8-13-6-11-7-14-10(3)15-11/h7,9,13H,4-6,8H2,1-3H3. The van der Waals surface area contributed by atoms with Crippen LogP contribution in [0.1, 0.15) is 36.6 Å². The van der Waals surface area contributed by atoms with Gasteiger partial charge in [0, 0.05) is 24.2 Å². The van der Waals surface area contributed by atoms with Gasteiger partial charge in [-0.3, -0.25) is 0 Å². The third kappa shape index (κ3) is 2.58. The predicted octanol–water partition coefficient (Wildman–Crippen LogP) is 2.98. The van der Waals surface area contributed by atoms with E-state index in [1.165, 1.54) is 24.3 Å². The predicted molar refractivity (Wildman–Crippen MR) is 65.1 cm³/mol. The molecule has 1 aliphatic rings. The molecule has 0 aliphatic heterocycles. The molecule has 0 amide bonds. The SMILES string of the molecule is Cc1ncc(CNCC2(C(C)C)CC2)s1. The second kappa shape index (κ2) is 4.22. The van der Waals surface area contributed by atoms with Crippen molar-refractivity contribution in [1.29, 1.82) is 0 Å². The zero-order chi connectivity index (χ0) is 10.9. The first-order chi connectivity index (χ1) is 7.12. The molecule has 1 N–H and O–H groups in total. The maximum atomic E-state index is 4.26. The van der Waals surface area contributed by atoms with Crippen LogP contribution >= 0.6 is 11.3 Å². The first-order valence-electron chi connectivity index (χ1n) is 5.74. The number of hydrogen-bond donors (Lipinski definition) is 1. The summed E-state index contributed by atoms with van der Waals surface area (Å²) in [7, 11) is 0. The average Bonchev–Trinajstić information content (AvgIpc) is 2.86. The van der Waals surface area contributed by atoms with Crippen LogP contribution in [-0.2, 0) is 6.54 Å². The molecule has 2 nitrogen and oxygen atoms in total. The van der Waals surface area contributed by atoms with Crippen molar-refractivity contribution in [2.75, 3.05) is 6.54 Å². The Kier molecular flexibility index (Phi) is 3.12. The summed E-state index contributed by atoms with van der Waals surface area (Å²) >= 11 is 1.79. The lowest BCUT2D eigenvalue weighted by molar-refractivity contribution is 0.338. The molecule has 0 unspecified atom stereocenters. The van der Waals surface area contributed by atoms with Gasteiger partial charge in [-0.1, -0.05) is 13.8 Å². The van der Waals surface area contributed by atoms with Crippen molar-refractivity contribution in [2.24, 2.45) is 11.3 Å². The Morgan fingerprint density at radius 3 is 2.73 bits per heavy atom. The maximum Gasteiger partial charge on any atom is 0.0897 e. The van der Waals surface area contributed by atoms with Gasteiger partial charge in [0.2, 0.25) is 0 Å². The largest absolute Gasteiger partial charge is 0.311 e. The molecule has 0 aromatic carbocycles. The minimum absolute atomic E-state index is 0.611. The van der Waals surface area contributed by atoms with Gasteiger partial charge in [0.1, 0.15) is 0 Å². The number of rotatable bonds is 5. The van der Waals surface area contributed by atoms with Crippen molar-refractivity contribution in [3.05, 3.63) is 16.1 Å². The molecule has 1 aliphatic carbocycles. The lowest BCUT2D eigenvalue weighted by atomic mass is 9.92. The molecular weight excluding hydrogens is 204 g/mol. The van der Waals surface area contributed by atoms with Crippen molar-refractivity contribution in [1.82, 2.24) is 10.3 Å². The van der Waals surface area contributed by atoms with Crippen LogP contribution in [0.5, 0.6) is 0 Å². The van der Waals surface area contributed by atoms with Crippen LogP contribution in [0, 0.1) is 18.3 Å². The molecule has 15 heavy (non-hydrogen) atoms. The second-order valence-corrected chi connectivity index (χ2v) is 6.29. The minimum Gasteiger partial charge on any atom is -0.311 e. The highest BCUT2D eigenvalue weighted by Gasteiger charge is 2.44. The summed E-state index contributed by atoms with van der Waals surface area (Å²) in [6, 6.07) is 0. The molecule has 1 aromatic heterocycles. The van der Waals surface area contributed by atoms with Gasteiger partial charge in [-0.05, 0) is 31.1 Å². The van der Waals surface area contributed by atoms with Gasteiger partial charge in [0.15, 0.2) is 0 Å². The molecule has 1 saturated carbocycles. The summed E-state index contributed by atoms with van der Waals surface area (Å²) in [5, 5.41) is 4.73. The van der Waals surface area contributed by atoms with Gasteiger partial charge < -0.3 is 5.32 Å². The Balaban J connectivity index is 1.76. The van der Waals surface area contributed by atoms with E-state index in [-0.39, 0.29) is 0 Å². The minimum atomic E-state index is 0.611. The fraction of sp³-hybridized carbons (Fsp3) is 0.750. The van der Waals surface area contributed by atoms with E-state index in [2.05, 4.69) is 31.1 Å². The lowest BCUT2D eigenvalue weighted by Crippen LogP contribution is -2.26. The first-order valence-corrected chi connectivity index (χ1v) is 6.56. The van der Waals surface area contributed by atoms with Crippen LogP contribution in [0.2, 0.25) is 0 Å². The monoisotopic (exact) mass is 224 g/mol. The van der Waals surface area contributed by atoms with E-state index in [1.54, 1.807) is 11.3 Å². The van der Waals surface area contributed by atoms with E-state index in [4.69, 9.17) is 0 Å². The summed E-state index contributed by atoms with van der Waals surface area (Å²) < 4.78 is 0. The van der Waals surface area contributed by atoms with E-state index in [9.17, 15) is 0 Å². The van der Waals surface area contributed by atoms with Crippen molar-refractivity contribution < 1.29 is 0 Å². The Hall–Kier alpha value is -0.410. The van der Waals surface area contributed by atoms with Gasteiger partial charge >= 0.3 is 0 Å². The highest BCUT2D eigenvalue weighted by molar-refractivity contribution is 7.11. The molecular formula is C12H20N2S. The van der Waals surface area contributed by atoms with E-state index < -0.39 is 0 Å². The Morgan fingerprint density at radius 2 is 2.27 bits per heavy atom. The summed E-state index contributed by atoms with van der Waals surface area (Å²) in [6.07, 6.45) is 4.79. The third-order valence-corrected chi connectivity index (χ3v) is 4.48. The van der Waals surface area contributed by atoms with Crippen LogP contribution in [0.15, 0.2) is 6.20 Å². The van der Waals surface area contributed by atoms with Gasteiger partial charge in [-0.15, -0.1) is 11.3 Å². The lowest BCUT2D eigenvalue weighted by Gasteiger charge is -2.19. The molecule has 1 aromatic rings. The van der Waals surface area contributed by atoms with Crippen LogP contribution in [0.3, 0.4) is 0 Å². The fourth-order valence-corrected chi connectivity index (χ4v) is 2.80. The molecule has 0 radical (unpaired) electrons. The second-order valence-electron chi connectivity index (χ2n) is 4.97. The third-order valence-electron chi connectivity index (χ3n) is 3.56. The number of nitrogens with one attached hydrogen (secondary N) is 1. The number of hydrogen-bond acceptors (Lipinski definition) is 3. The van der Waals surface area contributed by atoms with Crippen molar-refractivity contribution in [3.8, 4) is 0 Å². The first kappa shape index (κ1) is 11.1. The zero-order valence-corrected chi connectivity index (χ0v) is 10.7. The molecule has 0 atom stereocenters. The molecule has 2 rings (SSSR count). The zero-order valence-electron chi connectivity index (χ0n) is 9.84. The average molecular weight is 224 g/mol. The smallest absolute Gasteiger partial charge is 0.0897 e. The number of aromatic nitrogens is 1. The molecule has 1 heterocycles. The number of nitrogens with zero attached hydrogens (tertiary/aromatic N) is 1. The maximum absolute atomic E-state index is 4.26. The van der Waals surface area contributed by atoms with Gasteiger partial charge in [-0.2, -0.15) is 0 Å². The van der Waals surface area contributed by atoms with Gasteiger partial charge in [0.05, 0.1) is 5.01 Å². The highest BCUT2D eigenvalue weighted by Crippen LogP contribution is 2.51. The fourth-order valence-electron chi connectivity index (χ4n) is 2.04. The van der Waals surface area contributed by atoms with Gasteiger partial charge in [-0.25, -0.2) is 4.98 Å². The van der Waals surface area contributed by atoms with E-state index in [0.717, 1.165) is 17.5 Å². The summed E-state index contributed by atoms with van der Waals surface area (Å²) in [6.45, 7) is 8.89. The van der Waals surface area contributed by atoms with Gasteiger partial charge in [0.25, 0.3) is 0 Å². The molecule has 0 spiro atoms. The Bertz CT molecular complexity index is 326. The molecule has 3 heteroatoms. The van der Waals surface area contributed by atoms with Crippen molar-refractivity contribution in [2.45, 2.75) is 40.2 Å². The normalized spacial score (nSPS) is 18.4. The summed E-state index contributed by atoms with van der Waals surface area (Å²) in [5.41, 5.74) is 0.611. The molecule has 84 valence electrons. The Morgan fingerprint density at radius 1 is 1.53 bits per heavy atom. The van der Waals surface area contributed by atoms with Crippen molar-refractivity contribution in [3.63, 3.8) is 0 Å². The number of aryl methyl sites for hydroxylation is 1. The number of thiazole rings is 1. The van der Waals surface area contributed by atoms with Crippen molar-refractivity contribution >= 4 is 11.3 Å².